The van der Waals surface area contributed by atoms with E-state index in [2.05, 4.69) is 15.6 Å². The molecule has 0 aliphatic rings. The van der Waals surface area contributed by atoms with Crippen molar-refractivity contribution in [3.05, 3.63) is 28.8 Å². The van der Waals surface area contributed by atoms with Crippen LogP contribution in [0.5, 0.6) is 0 Å². The monoisotopic (exact) mass is 738 g/mol. The maximum atomic E-state index is 13.1. The fraction of sp³-hybridized carbons (Fsp3) is 0.586. The van der Waals surface area contributed by atoms with Crippen molar-refractivity contribution in [1.82, 2.24) is 15.6 Å². The molecule has 0 aromatic carbocycles. The zero-order chi connectivity index (χ0) is 37.1. The van der Waals surface area contributed by atoms with E-state index in [1.165, 1.54) is 0 Å². The van der Waals surface area contributed by atoms with E-state index in [-0.39, 0.29) is 55.0 Å². The third-order valence-electron chi connectivity index (χ3n) is 7.09. The van der Waals surface area contributed by atoms with Crippen molar-refractivity contribution in [2.75, 3.05) is 19.3 Å². The predicted molar refractivity (Wildman–Crippen MR) is 167 cm³/mol. The lowest BCUT2D eigenvalue weighted by molar-refractivity contribution is -0.145. The fourth-order valence-corrected chi connectivity index (χ4v) is 5.99. The maximum Gasteiger partial charge on any atom is 0.328 e. The smallest absolute Gasteiger partial charge is 0.328 e. The number of carboxylic acid groups (broad SMARTS) is 4. The van der Waals surface area contributed by atoms with Gasteiger partial charge in [0.15, 0.2) is 0 Å². The van der Waals surface area contributed by atoms with Crippen molar-refractivity contribution < 1.29 is 72.4 Å². The first-order valence-electron chi connectivity index (χ1n) is 15.2. The molecule has 20 heteroatoms. The van der Waals surface area contributed by atoms with Crippen molar-refractivity contribution in [1.29, 1.82) is 0 Å². The first kappa shape index (κ1) is 43.0. The Kier molecular flexibility index (Phi) is 19.2. The van der Waals surface area contributed by atoms with Gasteiger partial charge in [-0.1, -0.05) is 18.0 Å². The Hall–Kier alpha value is -3.99. The summed E-state index contributed by atoms with van der Waals surface area (Å²) in [6.45, 7) is -0.218. The summed E-state index contributed by atoms with van der Waals surface area (Å²) >= 11 is 5.61. The Morgan fingerprint density at radius 1 is 0.878 bits per heavy atom. The molecule has 2 amide bonds. The van der Waals surface area contributed by atoms with Crippen LogP contribution >= 0.6 is 19.2 Å². The van der Waals surface area contributed by atoms with Crippen LogP contribution in [0.25, 0.3) is 0 Å². The Morgan fingerprint density at radius 3 is 2.12 bits per heavy atom. The number of carbonyl (C=O) groups is 7. The molecule has 0 radical (unpaired) electrons. The topological polar surface area (TPSA) is 284 Å². The molecule has 1 aromatic rings. The number of nitrogens with one attached hydrogen (secondary N) is 2. The van der Waals surface area contributed by atoms with E-state index in [0.717, 1.165) is 12.3 Å². The summed E-state index contributed by atoms with van der Waals surface area (Å²) in [7, 11) is -4.47. The molecule has 1 unspecified atom stereocenters. The second kappa shape index (κ2) is 21.9. The molecule has 49 heavy (non-hydrogen) atoms. The SMILES string of the molecule is O=C(O)CC[C@H](CP(=O)(O)OCCC[C@H](NC(=O)CC[C@H](CC(=O)CCCCCNC(=O)c1cnc([18F])c(Cl)c1)C(=O)O)C(=O)O)C(=O)O. The van der Waals surface area contributed by atoms with Gasteiger partial charge in [-0.15, -0.1) is 0 Å². The lowest BCUT2D eigenvalue weighted by Crippen LogP contribution is -2.41. The minimum Gasteiger partial charge on any atom is -0.481 e. The van der Waals surface area contributed by atoms with Crippen LogP contribution in [0.3, 0.4) is 0 Å². The molecule has 1 heterocycles. The molecule has 7 N–H and O–H groups in total. The minimum atomic E-state index is -4.47. The van der Waals surface area contributed by atoms with Crippen molar-refractivity contribution in [2.24, 2.45) is 11.8 Å². The van der Waals surface area contributed by atoms with E-state index in [1.54, 1.807) is 0 Å². The van der Waals surface area contributed by atoms with E-state index < -0.39 is 99.1 Å². The van der Waals surface area contributed by atoms with E-state index in [4.69, 9.17) is 26.3 Å². The molecule has 1 aromatic heterocycles. The number of pyridine rings is 1. The molecule has 4 atom stereocenters. The average molecular weight is 739 g/mol. The minimum absolute atomic E-state index is 0.0602. The molecule has 0 spiro atoms. The number of amides is 2. The van der Waals surface area contributed by atoms with Crippen LogP contribution in [0.2, 0.25) is 5.02 Å². The number of nitrogens with zero attached hydrogens (tertiary/aromatic N) is 1. The summed E-state index contributed by atoms with van der Waals surface area (Å²) in [5.41, 5.74) is 0.0801. The lowest BCUT2D eigenvalue weighted by atomic mass is 9.94. The number of aliphatic carboxylic acids is 4. The standard InChI is InChI=1S/C29H40ClFN3O14P/c30-21-14-19(15-33-25(21)31)26(39)32-11-3-1-2-5-20(35)13-17(27(40)41)7-9-23(36)34-22(29(44)45)6-4-12-48-49(46,47)16-18(28(42)43)8-10-24(37)38/h14-15,17-18,22H,1-13,16H2,(H,32,39)(H,34,36)(H,37,38)(H,40,41)(H,42,43)(H,44,45)(H,46,47)/t17-,18-,22+/m1/s1/i31-1. The zero-order valence-corrected chi connectivity index (χ0v) is 28.0. The molecule has 0 bridgehead atoms. The third-order valence-corrected chi connectivity index (χ3v) is 8.84. The van der Waals surface area contributed by atoms with Crippen LogP contribution in [-0.4, -0.2) is 97.1 Å². The third kappa shape index (κ3) is 18.4. The first-order chi connectivity index (χ1) is 22.9. The van der Waals surface area contributed by atoms with E-state index >= 15 is 0 Å². The van der Waals surface area contributed by atoms with Gasteiger partial charge in [0.25, 0.3) is 5.91 Å². The van der Waals surface area contributed by atoms with Gasteiger partial charge in [0.05, 0.1) is 35.2 Å². The Balaban J connectivity index is 2.41. The Morgan fingerprint density at radius 2 is 1.53 bits per heavy atom. The summed E-state index contributed by atoms with van der Waals surface area (Å²) < 4.78 is 30.2. The molecule has 1 rings (SSSR count). The first-order valence-corrected chi connectivity index (χ1v) is 17.3. The number of unbranched alkanes of at least 4 members (excludes halogenated alkanes) is 2. The van der Waals surface area contributed by atoms with Gasteiger partial charge in [0.1, 0.15) is 11.8 Å². The predicted octanol–water partition coefficient (Wildman–Crippen LogP) is 2.72. The number of hydrogen-bond acceptors (Lipinski definition) is 10. The number of aromatic nitrogens is 1. The second-order valence-electron chi connectivity index (χ2n) is 11.1. The van der Waals surface area contributed by atoms with Crippen LogP contribution in [0.1, 0.15) is 81.0 Å². The van der Waals surface area contributed by atoms with Crippen LogP contribution in [0, 0.1) is 17.8 Å². The van der Waals surface area contributed by atoms with E-state index in [9.17, 15) is 57.6 Å². The average Bonchev–Trinajstić information content (AvgIpc) is 3.01. The number of carboxylic acids is 4. The number of ketones is 1. The molecular weight excluding hydrogens is 699 g/mol. The van der Waals surface area contributed by atoms with Crippen molar-refractivity contribution >= 4 is 60.7 Å². The molecule has 0 aliphatic heterocycles. The van der Waals surface area contributed by atoms with Gasteiger partial charge in [0, 0.05) is 38.4 Å². The summed E-state index contributed by atoms with van der Waals surface area (Å²) in [6.07, 6.45) is -0.665. The molecule has 0 saturated carbocycles. The molecule has 17 nitrogen and oxygen atoms in total. The van der Waals surface area contributed by atoms with Crippen LogP contribution in [-0.2, 0) is 37.9 Å². The zero-order valence-electron chi connectivity index (χ0n) is 26.3. The van der Waals surface area contributed by atoms with E-state index in [0.29, 0.717) is 19.3 Å². The van der Waals surface area contributed by atoms with Crippen LogP contribution in [0.4, 0.5) is 4.39 Å². The van der Waals surface area contributed by atoms with Crippen LogP contribution < -0.4 is 10.6 Å². The molecule has 0 fully saturated rings. The highest BCUT2D eigenvalue weighted by molar-refractivity contribution is 7.52. The van der Waals surface area contributed by atoms with Gasteiger partial charge in [-0.2, -0.15) is 4.39 Å². The highest BCUT2D eigenvalue weighted by atomic mass is 35.5. The number of Topliss-reactive ketones (excluding diaryl/α,β-unsaturated/α-hetero) is 1. The van der Waals surface area contributed by atoms with Crippen LogP contribution in [0.15, 0.2) is 12.3 Å². The number of halogens is 2. The maximum absolute atomic E-state index is 13.1. The highest BCUT2D eigenvalue weighted by Gasteiger charge is 2.31. The van der Waals surface area contributed by atoms with Gasteiger partial charge in [-0.05, 0) is 44.6 Å². The van der Waals surface area contributed by atoms with Gasteiger partial charge in [-0.25, -0.2) is 9.78 Å². The second-order valence-corrected chi connectivity index (χ2v) is 13.4. The van der Waals surface area contributed by atoms with Gasteiger partial charge >= 0.3 is 31.5 Å². The van der Waals surface area contributed by atoms with Crippen molar-refractivity contribution in [3.63, 3.8) is 0 Å². The van der Waals surface area contributed by atoms with Gasteiger partial charge in [0.2, 0.25) is 11.9 Å². The van der Waals surface area contributed by atoms with Gasteiger partial charge < -0.3 is 40.5 Å². The summed E-state index contributed by atoms with van der Waals surface area (Å²) in [5, 5.41) is 41.3. The Bertz CT molecular complexity index is 1400. The Labute approximate surface area is 285 Å². The lowest BCUT2D eigenvalue weighted by Gasteiger charge is -2.18. The molecule has 274 valence electrons. The summed E-state index contributed by atoms with van der Waals surface area (Å²) in [5.74, 6) is -10.7. The summed E-state index contributed by atoms with van der Waals surface area (Å²) in [6, 6.07) is -0.322. The normalized spacial score (nSPS) is 14.1. The van der Waals surface area contributed by atoms with Gasteiger partial charge in [-0.3, -0.25) is 33.3 Å². The number of hydrogen-bond donors (Lipinski definition) is 7. The highest BCUT2D eigenvalue weighted by Crippen LogP contribution is 2.44. The van der Waals surface area contributed by atoms with Crippen molar-refractivity contribution in [2.45, 2.75) is 76.7 Å². The quantitative estimate of drug-likeness (QED) is 0.0409. The summed E-state index contributed by atoms with van der Waals surface area (Å²) in [4.78, 5) is 95.3. The molecule has 0 aliphatic carbocycles. The van der Waals surface area contributed by atoms with Crippen molar-refractivity contribution in [3.8, 4) is 0 Å². The largest absolute Gasteiger partial charge is 0.481 e. The molecular formula is C29H40ClFN3O14P. The molecule has 0 saturated heterocycles. The number of carbonyl (C=O) groups excluding carboxylic acids is 3. The fourth-order valence-electron chi connectivity index (χ4n) is 4.41. The number of rotatable bonds is 26. The van der Waals surface area contributed by atoms with E-state index in [1.807, 2.05) is 0 Å².